The zero-order valence-electron chi connectivity index (χ0n) is 14.8. The molecule has 0 aliphatic carbocycles. The second-order valence-corrected chi connectivity index (χ2v) is 6.74. The third kappa shape index (κ3) is 3.21. The number of hydrazone groups is 1. The number of nitrogens with one attached hydrogen (secondary N) is 1. The van der Waals surface area contributed by atoms with Crippen molar-refractivity contribution in [2.24, 2.45) is 10.1 Å². The lowest BCUT2D eigenvalue weighted by Gasteiger charge is -2.34. The van der Waals surface area contributed by atoms with Gasteiger partial charge in [0.1, 0.15) is 18.1 Å². The average Bonchev–Trinajstić information content (AvgIpc) is 2.71. The maximum Gasteiger partial charge on any atom is 0.276 e. The first-order valence-corrected chi connectivity index (χ1v) is 9.68. The molecule has 2 heterocycles. The van der Waals surface area contributed by atoms with Crippen LogP contribution in [0.15, 0.2) is 71.3 Å². The summed E-state index contributed by atoms with van der Waals surface area (Å²) >= 11 is 1.38. The van der Waals surface area contributed by atoms with Gasteiger partial charge in [-0.05, 0) is 24.5 Å². The van der Waals surface area contributed by atoms with Crippen LogP contribution in [-0.2, 0) is 4.79 Å². The first-order valence-electron chi connectivity index (χ1n) is 8.45. The molecule has 1 atom stereocenters. The first kappa shape index (κ1) is 17.4. The van der Waals surface area contributed by atoms with Crippen molar-refractivity contribution in [3.63, 3.8) is 0 Å². The van der Waals surface area contributed by atoms with E-state index >= 15 is 0 Å². The number of amides is 1. The highest BCUT2D eigenvalue weighted by molar-refractivity contribution is 8.13. The Morgan fingerprint density at radius 1 is 1.30 bits per heavy atom. The second-order valence-electron chi connectivity index (χ2n) is 5.95. The second kappa shape index (κ2) is 7.28. The minimum absolute atomic E-state index is 0.180. The minimum atomic E-state index is -0.449. The van der Waals surface area contributed by atoms with E-state index in [1.165, 1.54) is 11.8 Å². The van der Waals surface area contributed by atoms with E-state index in [0.717, 1.165) is 21.9 Å². The largest absolute Gasteiger partial charge is 0.490 e. The van der Waals surface area contributed by atoms with E-state index in [2.05, 4.69) is 17.0 Å². The zero-order chi connectivity index (χ0) is 18.8. The van der Waals surface area contributed by atoms with Gasteiger partial charge in [0, 0.05) is 10.8 Å². The summed E-state index contributed by atoms with van der Waals surface area (Å²) in [5.74, 6) is 0.541. The van der Waals surface area contributed by atoms with Crippen molar-refractivity contribution in [2.75, 3.05) is 12.9 Å². The third-order valence-electron chi connectivity index (χ3n) is 4.23. The zero-order valence-corrected chi connectivity index (χ0v) is 15.6. The average molecular weight is 378 g/mol. The summed E-state index contributed by atoms with van der Waals surface area (Å²) < 4.78 is 5.65. The van der Waals surface area contributed by atoms with E-state index in [4.69, 9.17) is 9.73 Å². The number of benzene rings is 2. The quantitative estimate of drug-likeness (QED) is 0.824. The number of rotatable bonds is 4. The number of carbonyl (C=O) groups is 1. The molecule has 27 heavy (non-hydrogen) atoms. The number of fused-ring (bicyclic) bond motifs is 2. The highest BCUT2D eigenvalue weighted by atomic mass is 32.2. The monoisotopic (exact) mass is 378 g/mol. The number of thioether (sulfide) groups is 1. The number of hydrogen-bond acceptors (Lipinski definition) is 6. The summed E-state index contributed by atoms with van der Waals surface area (Å²) in [5, 5.41) is 11.2. The van der Waals surface area contributed by atoms with Crippen molar-refractivity contribution in [2.45, 2.75) is 6.17 Å². The Hall–Kier alpha value is -3.06. The summed E-state index contributed by atoms with van der Waals surface area (Å²) in [6.45, 7) is 4.10. The van der Waals surface area contributed by atoms with Crippen LogP contribution in [0.5, 0.6) is 5.75 Å². The van der Waals surface area contributed by atoms with Gasteiger partial charge in [-0.2, -0.15) is 0 Å². The molecule has 2 aromatic rings. The molecular weight excluding hydrogens is 360 g/mol. The van der Waals surface area contributed by atoms with E-state index < -0.39 is 6.17 Å². The molecule has 0 spiro atoms. The van der Waals surface area contributed by atoms with Gasteiger partial charge in [-0.3, -0.25) is 15.1 Å². The van der Waals surface area contributed by atoms with E-state index in [9.17, 15) is 4.79 Å². The standard InChI is InChI=1S/C20H18N4O2S/c1-3-11-26-14-8-6-7-13(12-14)18-21-16-10-5-4-9-15(16)17-19(25)22-20(27-2)23-24(17)18/h3-10,12,18H,1,11H2,2H3,(H,22,23,25)/t18-/m0/s1. The number of nitrogens with zero attached hydrogens (tertiary/aromatic N) is 3. The fourth-order valence-electron chi connectivity index (χ4n) is 3.06. The summed E-state index contributed by atoms with van der Waals surface area (Å²) in [4.78, 5) is 17.6. The van der Waals surface area contributed by atoms with Crippen molar-refractivity contribution in [3.05, 3.63) is 77.3 Å². The Morgan fingerprint density at radius 2 is 2.15 bits per heavy atom. The Bertz CT molecular complexity index is 1060. The van der Waals surface area contributed by atoms with Gasteiger partial charge in [0.2, 0.25) is 0 Å². The Morgan fingerprint density at radius 3 is 2.96 bits per heavy atom. The fourth-order valence-corrected chi connectivity index (χ4v) is 3.42. The number of carbonyl (C=O) groups excluding carboxylic acids is 1. The Labute approximate surface area is 160 Å². The first-order chi connectivity index (χ1) is 13.2. The number of ether oxygens (including phenoxy) is 1. The van der Waals surface area contributed by atoms with Gasteiger partial charge >= 0.3 is 0 Å². The predicted molar refractivity (Wildman–Crippen MR) is 106 cm³/mol. The summed E-state index contributed by atoms with van der Waals surface area (Å²) in [7, 11) is 0. The van der Waals surface area contributed by atoms with Crippen LogP contribution in [0.2, 0.25) is 0 Å². The molecule has 0 fully saturated rings. The van der Waals surface area contributed by atoms with Crippen LogP contribution in [-0.4, -0.2) is 28.9 Å². The summed E-state index contributed by atoms with van der Waals surface area (Å²) in [5.41, 5.74) is 1.39. The summed E-state index contributed by atoms with van der Waals surface area (Å²) in [6.07, 6.45) is 3.12. The third-order valence-corrected chi connectivity index (χ3v) is 4.80. The summed E-state index contributed by atoms with van der Waals surface area (Å²) in [6, 6.07) is 15.3. The smallest absolute Gasteiger partial charge is 0.276 e. The normalized spacial score (nSPS) is 17.9. The highest BCUT2D eigenvalue weighted by Crippen LogP contribution is 2.31. The molecule has 0 saturated heterocycles. The molecule has 2 aliphatic rings. The van der Waals surface area contributed by atoms with Crippen LogP contribution in [0, 0.1) is 0 Å². The van der Waals surface area contributed by atoms with Gasteiger partial charge in [0.15, 0.2) is 11.3 Å². The van der Waals surface area contributed by atoms with Crippen LogP contribution in [0.4, 0.5) is 0 Å². The predicted octanol–water partition coefficient (Wildman–Crippen LogP) is 1.76. The van der Waals surface area contributed by atoms with Crippen LogP contribution in [0.1, 0.15) is 11.7 Å². The topological polar surface area (TPSA) is 66.3 Å². The number of amidine groups is 1. The van der Waals surface area contributed by atoms with Crippen LogP contribution in [0.3, 0.4) is 0 Å². The SMILES string of the molecule is C=CCOc1cccc([C@H]2N=c3ccccc3=C3C(=O)NC(SC)=NN32)c1. The van der Waals surface area contributed by atoms with Crippen LogP contribution >= 0.6 is 11.8 Å². The molecule has 6 nitrogen and oxygen atoms in total. The molecule has 136 valence electrons. The lowest BCUT2D eigenvalue weighted by atomic mass is 10.1. The molecule has 2 aromatic carbocycles. The molecule has 0 radical (unpaired) electrons. The van der Waals surface area contributed by atoms with E-state index in [1.54, 1.807) is 11.1 Å². The van der Waals surface area contributed by atoms with Crippen molar-refractivity contribution in [1.29, 1.82) is 0 Å². The van der Waals surface area contributed by atoms with E-state index in [-0.39, 0.29) is 5.91 Å². The van der Waals surface area contributed by atoms with Crippen molar-refractivity contribution < 1.29 is 9.53 Å². The molecule has 0 saturated carbocycles. The molecule has 1 N–H and O–H groups in total. The Kier molecular flexibility index (Phi) is 4.68. The molecular formula is C20H18N4O2S. The minimum Gasteiger partial charge on any atom is -0.490 e. The molecule has 4 rings (SSSR count). The van der Waals surface area contributed by atoms with Crippen LogP contribution in [0.25, 0.3) is 5.70 Å². The fraction of sp³-hybridized carbons (Fsp3) is 0.150. The maximum absolute atomic E-state index is 12.8. The van der Waals surface area contributed by atoms with Gasteiger partial charge in [0.25, 0.3) is 5.91 Å². The molecule has 2 aliphatic heterocycles. The molecule has 0 bridgehead atoms. The van der Waals surface area contributed by atoms with Gasteiger partial charge in [-0.25, -0.2) is 5.01 Å². The van der Waals surface area contributed by atoms with E-state index in [1.807, 2.05) is 54.8 Å². The molecule has 0 aromatic heterocycles. The van der Waals surface area contributed by atoms with Crippen LogP contribution < -0.4 is 20.6 Å². The lowest BCUT2D eigenvalue weighted by Crippen LogP contribution is -2.50. The van der Waals surface area contributed by atoms with Gasteiger partial charge in [-0.1, -0.05) is 54.7 Å². The highest BCUT2D eigenvalue weighted by Gasteiger charge is 2.34. The van der Waals surface area contributed by atoms with Gasteiger partial charge in [-0.15, -0.1) is 5.10 Å². The number of para-hydroxylation sites is 1. The lowest BCUT2D eigenvalue weighted by molar-refractivity contribution is -0.116. The molecule has 1 amide bonds. The van der Waals surface area contributed by atoms with Gasteiger partial charge < -0.3 is 4.74 Å². The molecule has 7 heteroatoms. The van der Waals surface area contributed by atoms with Gasteiger partial charge in [0.05, 0.1) is 5.36 Å². The Balaban J connectivity index is 1.88. The van der Waals surface area contributed by atoms with Crippen molar-refractivity contribution >= 4 is 28.5 Å². The maximum atomic E-state index is 12.8. The van der Waals surface area contributed by atoms with E-state index in [0.29, 0.717) is 17.5 Å². The molecule has 0 unspecified atom stereocenters. The van der Waals surface area contributed by atoms with Crippen molar-refractivity contribution in [1.82, 2.24) is 10.3 Å². The number of hydrogen-bond donors (Lipinski definition) is 1. The van der Waals surface area contributed by atoms with Crippen molar-refractivity contribution in [3.8, 4) is 5.75 Å².